The number of amides is 1. The molecule has 0 aliphatic rings. The highest BCUT2D eigenvalue weighted by molar-refractivity contribution is 5.95. The third-order valence-electron chi connectivity index (χ3n) is 5.98. The van der Waals surface area contributed by atoms with E-state index in [1.54, 1.807) is 30.3 Å². The maximum Gasteiger partial charge on any atom is 0.460 e. The molecule has 1 atom stereocenters. The maximum atomic E-state index is 14.9. The van der Waals surface area contributed by atoms with Gasteiger partial charge in [0.15, 0.2) is 11.6 Å². The summed E-state index contributed by atoms with van der Waals surface area (Å²) in [5, 5.41) is 2.41. The van der Waals surface area contributed by atoms with Crippen LogP contribution in [0.2, 0.25) is 0 Å². The first-order chi connectivity index (χ1) is 21.8. The third kappa shape index (κ3) is 11.4. The molecule has 0 heterocycles. The molecule has 252 valence electrons. The number of ether oxygens (including phenoxy) is 2. The molecule has 4 nitrogen and oxygen atoms in total. The average molecular weight is 676 g/mol. The van der Waals surface area contributed by atoms with Crippen molar-refractivity contribution in [3.05, 3.63) is 156 Å². The summed E-state index contributed by atoms with van der Waals surface area (Å²) in [5.41, 5.74) is -4.47. The second-order valence-corrected chi connectivity index (χ2v) is 9.72. The van der Waals surface area contributed by atoms with Crippen LogP contribution in [-0.2, 0) is 22.1 Å². The second-order valence-electron chi connectivity index (χ2n) is 9.72. The number of benzene rings is 2. The molecule has 2 aromatic rings. The van der Waals surface area contributed by atoms with E-state index in [-0.39, 0.29) is 30.6 Å². The van der Waals surface area contributed by atoms with Crippen molar-refractivity contribution < 1.29 is 58.2 Å². The minimum absolute atomic E-state index is 0.0545. The summed E-state index contributed by atoms with van der Waals surface area (Å²) < 4.78 is 143. The lowest BCUT2D eigenvalue weighted by atomic mass is 9.82. The van der Waals surface area contributed by atoms with Gasteiger partial charge in [-0.25, -0.2) is 13.2 Å². The normalized spacial score (nSPS) is 14.3. The molecule has 14 heteroatoms. The zero-order valence-electron chi connectivity index (χ0n) is 24.5. The smallest absolute Gasteiger partial charge is 0.460 e. The molecule has 0 fully saturated rings. The molecule has 2 rings (SSSR count). The first-order valence-corrected chi connectivity index (χ1v) is 13.1. The zero-order valence-corrected chi connectivity index (χ0v) is 24.5. The van der Waals surface area contributed by atoms with E-state index in [4.69, 9.17) is 4.74 Å². The van der Waals surface area contributed by atoms with Gasteiger partial charge in [0.2, 0.25) is 0 Å². The van der Waals surface area contributed by atoms with Crippen LogP contribution in [0.25, 0.3) is 0 Å². The van der Waals surface area contributed by atoms with Crippen LogP contribution >= 0.6 is 0 Å². The van der Waals surface area contributed by atoms with Gasteiger partial charge >= 0.3 is 18.7 Å². The number of allylic oxidation sites excluding steroid dienone is 6. The number of carbonyl (C=O) groups is 1. The predicted molar refractivity (Wildman–Crippen MR) is 155 cm³/mol. The molecule has 47 heavy (non-hydrogen) atoms. The lowest BCUT2D eigenvalue weighted by molar-refractivity contribution is -0.274. The van der Waals surface area contributed by atoms with Gasteiger partial charge in [0, 0.05) is 18.1 Å². The Bertz CT molecular complexity index is 1590. The standard InChI is InChI=1S/C33H27F10NO3/c1-20(2)47-22(4)27(35)11-8-15-31(19-23-9-6-5-7-10-23,21(3)17-25(34)14-16-46-33(42,43)30(37)38)44-29(45)24-12-13-28(36)26(18-24)32(39,40)41/h5-18,30H,1,3-4,19H2,2H3,(H,44,45)/b15-8+,16-14+,25-17+,27-11+/t31-/m0/s1. The van der Waals surface area contributed by atoms with E-state index in [1.165, 1.54) is 6.92 Å². The molecule has 0 spiro atoms. The number of nitrogens with one attached hydrogen (secondary N) is 1. The molecule has 0 aromatic heterocycles. The first-order valence-electron chi connectivity index (χ1n) is 13.1. The van der Waals surface area contributed by atoms with Crippen molar-refractivity contribution in [1.29, 1.82) is 0 Å². The highest BCUT2D eigenvalue weighted by Gasteiger charge is 2.43. The van der Waals surface area contributed by atoms with Crippen molar-refractivity contribution >= 4 is 5.91 Å². The van der Waals surface area contributed by atoms with Crippen LogP contribution in [0.5, 0.6) is 0 Å². The van der Waals surface area contributed by atoms with Gasteiger partial charge in [-0.05, 0) is 48.4 Å². The van der Waals surface area contributed by atoms with Gasteiger partial charge < -0.3 is 14.8 Å². The van der Waals surface area contributed by atoms with E-state index in [0.29, 0.717) is 17.7 Å². The molecule has 0 saturated heterocycles. The summed E-state index contributed by atoms with van der Waals surface area (Å²) in [6, 6.07) is 9.25. The Kier molecular flexibility index (Phi) is 13.0. The second kappa shape index (κ2) is 16.0. The van der Waals surface area contributed by atoms with E-state index < -0.39 is 70.1 Å². The van der Waals surface area contributed by atoms with Crippen LogP contribution in [0.1, 0.15) is 28.4 Å². The minimum Gasteiger partial charge on any atom is -0.460 e. The Hall–Kier alpha value is -5.01. The van der Waals surface area contributed by atoms with E-state index >= 15 is 0 Å². The van der Waals surface area contributed by atoms with Gasteiger partial charge in [-0.3, -0.25) is 4.79 Å². The largest absolute Gasteiger partial charge is 0.460 e. The molecular formula is C33H27F10NO3. The van der Waals surface area contributed by atoms with Gasteiger partial charge in [0.25, 0.3) is 5.91 Å². The van der Waals surface area contributed by atoms with E-state index in [2.05, 4.69) is 29.8 Å². The monoisotopic (exact) mass is 675 g/mol. The van der Waals surface area contributed by atoms with Crippen LogP contribution in [0.3, 0.4) is 0 Å². The summed E-state index contributed by atoms with van der Waals surface area (Å²) >= 11 is 0. The van der Waals surface area contributed by atoms with Crippen LogP contribution in [0.15, 0.2) is 134 Å². The van der Waals surface area contributed by atoms with E-state index in [1.807, 2.05) is 0 Å². The number of halogens is 10. The Labute approximate surface area is 263 Å². The number of alkyl halides is 7. The maximum absolute atomic E-state index is 14.9. The molecule has 0 radical (unpaired) electrons. The van der Waals surface area contributed by atoms with Crippen LogP contribution in [-0.4, -0.2) is 24.0 Å². The number of hydrogen-bond acceptors (Lipinski definition) is 3. The Balaban J connectivity index is 2.70. The Morgan fingerprint density at radius 1 is 1.00 bits per heavy atom. The summed E-state index contributed by atoms with van der Waals surface area (Å²) in [4.78, 5) is 13.4. The third-order valence-corrected chi connectivity index (χ3v) is 5.98. The van der Waals surface area contributed by atoms with E-state index in [9.17, 15) is 48.7 Å². The highest BCUT2D eigenvalue weighted by atomic mass is 19.4. The van der Waals surface area contributed by atoms with Crippen molar-refractivity contribution in [2.24, 2.45) is 0 Å². The molecular weight excluding hydrogens is 648 g/mol. The quantitative estimate of drug-likeness (QED) is 0.116. The molecule has 0 saturated carbocycles. The van der Waals surface area contributed by atoms with E-state index in [0.717, 1.165) is 24.3 Å². The van der Waals surface area contributed by atoms with Crippen molar-refractivity contribution in [3.8, 4) is 0 Å². The van der Waals surface area contributed by atoms with Crippen molar-refractivity contribution in [2.75, 3.05) is 0 Å². The summed E-state index contributed by atoms with van der Waals surface area (Å²) in [6.45, 7) is 11.9. The van der Waals surface area contributed by atoms with Gasteiger partial charge in [0.1, 0.15) is 11.6 Å². The lowest BCUT2D eigenvalue weighted by Gasteiger charge is -2.33. The number of carbonyl (C=O) groups excluding carboxylic acids is 1. The number of hydrogen-bond donors (Lipinski definition) is 1. The average Bonchev–Trinajstić information content (AvgIpc) is 2.96. The van der Waals surface area contributed by atoms with Gasteiger partial charge in [0.05, 0.1) is 23.1 Å². The molecule has 0 bridgehead atoms. The van der Waals surface area contributed by atoms with Gasteiger partial charge in [-0.1, -0.05) is 62.2 Å². The molecule has 1 N–H and O–H groups in total. The van der Waals surface area contributed by atoms with Crippen LogP contribution in [0, 0.1) is 5.82 Å². The molecule has 0 aliphatic carbocycles. The molecule has 1 amide bonds. The first kappa shape index (κ1) is 38.2. The fraction of sp³-hybridized carbons (Fsp3) is 0.182. The summed E-state index contributed by atoms with van der Waals surface area (Å²) in [6.07, 6.45) is -11.0. The molecule has 0 aliphatic heterocycles. The SMILES string of the molecule is C=C(C)OC(=C)/C(F)=C\C=C\[C@@](Cc1ccccc1)(NC(=O)c1ccc(F)c(C(F)(F)F)c1)C(=C)/C=C(F)\C=C\OC(F)(F)C(F)F. The van der Waals surface area contributed by atoms with Gasteiger partial charge in [-0.15, -0.1) is 0 Å². The van der Waals surface area contributed by atoms with Crippen molar-refractivity contribution in [2.45, 2.75) is 37.6 Å². The van der Waals surface area contributed by atoms with Crippen molar-refractivity contribution in [1.82, 2.24) is 5.32 Å². The summed E-state index contributed by atoms with van der Waals surface area (Å²) in [7, 11) is 0. The minimum atomic E-state index is -5.18. The van der Waals surface area contributed by atoms with Crippen LogP contribution in [0.4, 0.5) is 43.9 Å². The van der Waals surface area contributed by atoms with Crippen LogP contribution < -0.4 is 5.32 Å². The lowest BCUT2D eigenvalue weighted by Crippen LogP contribution is -2.50. The fourth-order valence-corrected chi connectivity index (χ4v) is 3.76. The topological polar surface area (TPSA) is 47.6 Å². The number of rotatable bonds is 15. The molecule has 2 aromatic carbocycles. The zero-order chi connectivity index (χ0) is 35.6. The van der Waals surface area contributed by atoms with Crippen molar-refractivity contribution in [3.63, 3.8) is 0 Å². The highest BCUT2D eigenvalue weighted by Crippen LogP contribution is 2.33. The van der Waals surface area contributed by atoms with Gasteiger partial charge in [-0.2, -0.15) is 30.7 Å². The molecule has 0 unspecified atom stereocenters. The Morgan fingerprint density at radius 2 is 1.64 bits per heavy atom. The summed E-state index contributed by atoms with van der Waals surface area (Å²) in [5.74, 6) is -5.75. The predicted octanol–water partition coefficient (Wildman–Crippen LogP) is 9.83. The Morgan fingerprint density at radius 3 is 2.21 bits per heavy atom. The fourth-order valence-electron chi connectivity index (χ4n) is 3.76.